The lowest BCUT2D eigenvalue weighted by Crippen LogP contribution is -2.11. The van der Waals surface area contributed by atoms with Crippen LogP contribution in [0, 0.1) is 5.92 Å². The highest BCUT2D eigenvalue weighted by molar-refractivity contribution is 5.85. The monoisotopic (exact) mass is 264 g/mol. The molecule has 0 radical (unpaired) electrons. The van der Waals surface area contributed by atoms with Gasteiger partial charge in [-0.25, -0.2) is 0 Å². The van der Waals surface area contributed by atoms with Gasteiger partial charge in [-0.2, -0.15) is 0 Å². The minimum absolute atomic E-state index is 0. The van der Waals surface area contributed by atoms with Crippen LogP contribution in [-0.4, -0.2) is 4.98 Å². The molecule has 0 aliphatic carbocycles. The van der Waals surface area contributed by atoms with Crippen LogP contribution >= 0.6 is 12.4 Å². The highest BCUT2D eigenvalue weighted by Gasteiger charge is 2.10. The fraction of sp³-hybridized carbons (Fsp3) is 0.400. The minimum Gasteiger partial charge on any atom is -0.324 e. The largest absolute Gasteiger partial charge is 0.324 e. The maximum absolute atomic E-state index is 6.28. The molecule has 0 amide bonds. The summed E-state index contributed by atoms with van der Waals surface area (Å²) in [6.07, 6.45) is 4.05. The molecule has 2 rings (SSSR count). The molecule has 18 heavy (non-hydrogen) atoms. The molecule has 1 heterocycles. The number of halogens is 1. The van der Waals surface area contributed by atoms with Crippen molar-refractivity contribution < 1.29 is 0 Å². The third-order valence-corrected chi connectivity index (χ3v) is 3.14. The van der Waals surface area contributed by atoms with Gasteiger partial charge in [-0.1, -0.05) is 32.0 Å². The molecule has 0 saturated heterocycles. The van der Waals surface area contributed by atoms with E-state index < -0.39 is 0 Å². The molecule has 98 valence electrons. The number of hydrogen-bond donors (Lipinski definition) is 1. The molecule has 2 nitrogen and oxygen atoms in total. The Morgan fingerprint density at radius 2 is 1.83 bits per heavy atom. The van der Waals surface area contributed by atoms with Gasteiger partial charge in [0.15, 0.2) is 0 Å². The van der Waals surface area contributed by atoms with Crippen LogP contribution in [0.2, 0.25) is 0 Å². The second kappa shape index (κ2) is 6.72. The minimum atomic E-state index is 0. The van der Waals surface area contributed by atoms with Crippen molar-refractivity contribution in [3.05, 3.63) is 42.1 Å². The fourth-order valence-electron chi connectivity index (χ4n) is 2.11. The molecule has 2 aromatic rings. The third kappa shape index (κ3) is 3.44. The van der Waals surface area contributed by atoms with E-state index in [1.165, 1.54) is 10.9 Å². The zero-order chi connectivity index (χ0) is 12.3. The van der Waals surface area contributed by atoms with Gasteiger partial charge in [0.2, 0.25) is 0 Å². The van der Waals surface area contributed by atoms with E-state index in [-0.39, 0.29) is 18.4 Å². The number of rotatable bonds is 4. The Morgan fingerprint density at radius 3 is 2.56 bits per heavy atom. The van der Waals surface area contributed by atoms with Gasteiger partial charge in [-0.15, -0.1) is 12.4 Å². The number of nitrogens with two attached hydrogens (primary N) is 1. The number of pyridine rings is 1. The van der Waals surface area contributed by atoms with Crippen molar-refractivity contribution in [2.45, 2.75) is 32.7 Å². The zero-order valence-electron chi connectivity index (χ0n) is 11.0. The summed E-state index contributed by atoms with van der Waals surface area (Å²) in [5, 5.41) is 1.19. The Bertz CT molecular complexity index is 491. The number of hydrogen-bond acceptors (Lipinski definition) is 2. The predicted octanol–water partition coefficient (Wildman–Crippen LogP) is 4.09. The van der Waals surface area contributed by atoms with Crippen molar-refractivity contribution in [2.75, 3.05) is 0 Å². The van der Waals surface area contributed by atoms with Gasteiger partial charge >= 0.3 is 0 Å². The van der Waals surface area contributed by atoms with Crippen LogP contribution in [0.15, 0.2) is 36.5 Å². The second-order valence-electron chi connectivity index (χ2n) is 5.00. The number of para-hydroxylation sites is 1. The Balaban J connectivity index is 0.00000162. The molecule has 2 N–H and O–H groups in total. The van der Waals surface area contributed by atoms with E-state index >= 15 is 0 Å². The Kier molecular flexibility index (Phi) is 5.57. The van der Waals surface area contributed by atoms with Crippen molar-refractivity contribution in [1.29, 1.82) is 0 Å². The van der Waals surface area contributed by atoms with Crippen LogP contribution in [0.1, 0.15) is 38.3 Å². The molecule has 0 saturated carbocycles. The standard InChI is InChI=1S/C15H20N2.ClH/c1-11(2)7-8-14(16)12-9-10-17-15-6-4-3-5-13(12)15;/h3-6,9-11,14H,7-8,16H2,1-2H3;1H/t14-;/m0./s1. The Morgan fingerprint density at radius 1 is 1.11 bits per heavy atom. The highest BCUT2D eigenvalue weighted by atomic mass is 35.5. The summed E-state index contributed by atoms with van der Waals surface area (Å²) in [5.74, 6) is 0.703. The average Bonchev–Trinajstić information content (AvgIpc) is 2.35. The molecule has 0 aliphatic rings. The topological polar surface area (TPSA) is 38.9 Å². The summed E-state index contributed by atoms with van der Waals surface area (Å²) in [7, 11) is 0. The van der Waals surface area contributed by atoms with Crippen molar-refractivity contribution in [3.63, 3.8) is 0 Å². The maximum Gasteiger partial charge on any atom is 0.0705 e. The molecule has 0 fully saturated rings. The Hall–Kier alpha value is -1.12. The highest BCUT2D eigenvalue weighted by Crippen LogP contribution is 2.25. The lowest BCUT2D eigenvalue weighted by Gasteiger charge is -2.15. The molecule has 0 bridgehead atoms. The van der Waals surface area contributed by atoms with Crippen molar-refractivity contribution in [1.82, 2.24) is 4.98 Å². The Labute approximate surface area is 115 Å². The van der Waals surface area contributed by atoms with Gasteiger partial charge in [0.25, 0.3) is 0 Å². The lowest BCUT2D eigenvalue weighted by molar-refractivity contribution is 0.508. The first-order valence-corrected chi connectivity index (χ1v) is 6.27. The summed E-state index contributed by atoms with van der Waals surface area (Å²) >= 11 is 0. The summed E-state index contributed by atoms with van der Waals surface area (Å²) in [4.78, 5) is 4.36. The van der Waals surface area contributed by atoms with E-state index in [9.17, 15) is 0 Å². The quantitative estimate of drug-likeness (QED) is 0.903. The van der Waals surface area contributed by atoms with Crippen molar-refractivity contribution in [2.24, 2.45) is 11.7 Å². The number of benzene rings is 1. The van der Waals surface area contributed by atoms with Crippen LogP contribution in [0.4, 0.5) is 0 Å². The van der Waals surface area contributed by atoms with Gasteiger partial charge < -0.3 is 5.73 Å². The molecular weight excluding hydrogens is 244 g/mol. The van der Waals surface area contributed by atoms with Crippen LogP contribution in [0.25, 0.3) is 10.9 Å². The SMILES string of the molecule is CC(C)CC[C@H](N)c1ccnc2ccccc12.Cl. The van der Waals surface area contributed by atoms with Crippen LogP contribution < -0.4 is 5.73 Å². The van der Waals surface area contributed by atoms with E-state index in [4.69, 9.17) is 5.73 Å². The summed E-state index contributed by atoms with van der Waals surface area (Å²) < 4.78 is 0. The van der Waals surface area contributed by atoms with Gasteiger partial charge in [-0.3, -0.25) is 4.98 Å². The first-order chi connectivity index (χ1) is 8.18. The zero-order valence-corrected chi connectivity index (χ0v) is 11.8. The van der Waals surface area contributed by atoms with E-state index in [1.807, 2.05) is 30.5 Å². The van der Waals surface area contributed by atoms with E-state index in [2.05, 4.69) is 24.9 Å². The van der Waals surface area contributed by atoms with E-state index in [0.717, 1.165) is 18.4 Å². The van der Waals surface area contributed by atoms with Gasteiger partial charge in [0.05, 0.1) is 5.52 Å². The predicted molar refractivity (Wildman–Crippen MR) is 80.0 cm³/mol. The number of nitrogens with zero attached hydrogens (tertiary/aromatic N) is 1. The normalized spacial score (nSPS) is 12.4. The molecule has 1 atom stereocenters. The first-order valence-electron chi connectivity index (χ1n) is 6.27. The molecule has 3 heteroatoms. The smallest absolute Gasteiger partial charge is 0.0705 e. The number of fused-ring (bicyclic) bond motifs is 1. The average molecular weight is 265 g/mol. The molecular formula is C15H21ClN2. The second-order valence-corrected chi connectivity index (χ2v) is 5.00. The fourth-order valence-corrected chi connectivity index (χ4v) is 2.11. The van der Waals surface area contributed by atoms with Gasteiger partial charge in [0.1, 0.15) is 0 Å². The molecule has 0 spiro atoms. The van der Waals surface area contributed by atoms with Crippen LogP contribution in [0.5, 0.6) is 0 Å². The lowest BCUT2D eigenvalue weighted by atomic mass is 9.96. The summed E-state index contributed by atoms with van der Waals surface area (Å²) in [6, 6.07) is 10.4. The van der Waals surface area contributed by atoms with Gasteiger partial charge in [0, 0.05) is 17.6 Å². The third-order valence-electron chi connectivity index (χ3n) is 3.14. The van der Waals surface area contributed by atoms with Crippen LogP contribution in [0.3, 0.4) is 0 Å². The first kappa shape index (κ1) is 14.9. The van der Waals surface area contributed by atoms with Crippen molar-refractivity contribution >= 4 is 23.3 Å². The summed E-state index contributed by atoms with van der Waals surface area (Å²) in [5.41, 5.74) is 8.53. The van der Waals surface area contributed by atoms with Crippen molar-refractivity contribution in [3.8, 4) is 0 Å². The molecule has 1 aromatic carbocycles. The van der Waals surface area contributed by atoms with Crippen LogP contribution in [-0.2, 0) is 0 Å². The molecule has 1 aromatic heterocycles. The van der Waals surface area contributed by atoms with E-state index in [0.29, 0.717) is 5.92 Å². The molecule has 0 aliphatic heterocycles. The molecule has 0 unspecified atom stereocenters. The maximum atomic E-state index is 6.28. The van der Waals surface area contributed by atoms with Gasteiger partial charge in [-0.05, 0) is 36.5 Å². The number of aromatic nitrogens is 1. The summed E-state index contributed by atoms with van der Waals surface area (Å²) in [6.45, 7) is 4.47. The van der Waals surface area contributed by atoms with E-state index in [1.54, 1.807) is 0 Å².